The van der Waals surface area contributed by atoms with Crippen LogP contribution in [0, 0.1) is 20.8 Å². The first-order valence-corrected chi connectivity index (χ1v) is 8.84. The van der Waals surface area contributed by atoms with E-state index in [1.165, 1.54) is 0 Å². The summed E-state index contributed by atoms with van der Waals surface area (Å²) >= 11 is 0. The van der Waals surface area contributed by atoms with Gasteiger partial charge in [0.15, 0.2) is 18.1 Å². The Morgan fingerprint density at radius 3 is 2.48 bits per heavy atom. The van der Waals surface area contributed by atoms with Crippen LogP contribution < -0.4 is 14.8 Å². The highest BCUT2D eigenvalue weighted by Gasteiger charge is 2.21. The van der Waals surface area contributed by atoms with Gasteiger partial charge in [0.1, 0.15) is 12.7 Å². The zero-order chi connectivity index (χ0) is 19.4. The summed E-state index contributed by atoms with van der Waals surface area (Å²) in [5.41, 5.74) is 3.26. The fourth-order valence-electron chi connectivity index (χ4n) is 3.15. The highest BCUT2D eigenvalue weighted by atomic mass is 16.6. The highest BCUT2D eigenvalue weighted by Crippen LogP contribution is 2.30. The maximum atomic E-state index is 12.3. The van der Waals surface area contributed by atoms with Crippen molar-refractivity contribution < 1.29 is 23.8 Å². The molecule has 0 fully saturated rings. The number of benzene rings is 2. The predicted octanol–water partition coefficient (Wildman–Crippen LogP) is 2.72. The van der Waals surface area contributed by atoms with Gasteiger partial charge in [-0.2, -0.15) is 0 Å². The van der Waals surface area contributed by atoms with Crippen LogP contribution in [0.5, 0.6) is 11.5 Å². The third kappa shape index (κ3) is 4.58. The molecule has 2 aromatic rings. The predicted molar refractivity (Wildman–Crippen MR) is 100 cm³/mol. The Balaban J connectivity index is 1.47. The molecular weight excluding hydrogens is 346 g/mol. The Kier molecular flexibility index (Phi) is 5.64. The van der Waals surface area contributed by atoms with Gasteiger partial charge in [-0.05, 0) is 44.0 Å². The molecule has 0 aromatic heterocycles. The number of carbonyl (C=O) groups is 2. The molecule has 142 valence electrons. The zero-order valence-electron chi connectivity index (χ0n) is 15.7. The molecule has 1 amide bonds. The van der Waals surface area contributed by atoms with Gasteiger partial charge in [0.05, 0.1) is 12.1 Å². The van der Waals surface area contributed by atoms with E-state index >= 15 is 0 Å². The SMILES string of the molecule is Cc1cc(C)c(C(=O)OCC(=O)NC[C@@H]2COc3ccccc3O2)c(C)c1. The van der Waals surface area contributed by atoms with Crippen molar-refractivity contribution in [2.24, 2.45) is 0 Å². The minimum absolute atomic E-state index is 0.271. The van der Waals surface area contributed by atoms with Gasteiger partial charge >= 0.3 is 5.97 Å². The molecule has 6 nitrogen and oxygen atoms in total. The van der Waals surface area contributed by atoms with Crippen LogP contribution in [0.4, 0.5) is 0 Å². The van der Waals surface area contributed by atoms with Crippen molar-refractivity contribution in [3.05, 3.63) is 58.7 Å². The molecule has 0 spiro atoms. The summed E-state index contributed by atoms with van der Waals surface area (Å²) in [6, 6.07) is 11.2. The Hall–Kier alpha value is -3.02. The van der Waals surface area contributed by atoms with Gasteiger partial charge in [-0.3, -0.25) is 4.79 Å². The van der Waals surface area contributed by atoms with Crippen LogP contribution in [-0.4, -0.2) is 37.7 Å². The van der Waals surface area contributed by atoms with Crippen molar-refractivity contribution >= 4 is 11.9 Å². The first-order valence-electron chi connectivity index (χ1n) is 8.84. The van der Waals surface area contributed by atoms with Gasteiger partial charge in [-0.1, -0.05) is 29.8 Å². The van der Waals surface area contributed by atoms with Crippen LogP contribution in [0.3, 0.4) is 0 Å². The Morgan fingerprint density at radius 1 is 1.11 bits per heavy atom. The van der Waals surface area contributed by atoms with Crippen molar-refractivity contribution in [1.29, 1.82) is 0 Å². The summed E-state index contributed by atoms with van der Waals surface area (Å²) in [6.07, 6.45) is -0.291. The van der Waals surface area contributed by atoms with Crippen LogP contribution in [0.2, 0.25) is 0 Å². The zero-order valence-corrected chi connectivity index (χ0v) is 15.7. The number of fused-ring (bicyclic) bond motifs is 1. The second-order valence-electron chi connectivity index (χ2n) is 6.65. The summed E-state index contributed by atoms with van der Waals surface area (Å²) < 4.78 is 16.5. The number of nitrogens with one attached hydrogen (secondary N) is 1. The van der Waals surface area contributed by atoms with Crippen LogP contribution in [-0.2, 0) is 9.53 Å². The molecule has 27 heavy (non-hydrogen) atoms. The van der Waals surface area contributed by atoms with Crippen LogP contribution in [0.1, 0.15) is 27.0 Å². The number of hydrogen-bond acceptors (Lipinski definition) is 5. The van der Waals surface area contributed by atoms with Gasteiger partial charge in [0, 0.05) is 0 Å². The summed E-state index contributed by atoms with van der Waals surface area (Å²) in [5.74, 6) is 0.470. The van der Waals surface area contributed by atoms with Crippen molar-refractivity contribution in [2.75, 3.05) is 19.8 Å². The minimum Gasteiger partial charge on any atom is -0.486 e. The number of para-hydroxylation sites is 2. The van der Waals surface area contributed by atoms with E-state index in [1.807, 2.05) is 57.2 Å². The first kappa shape index (κ1) is 18.8. The van der Waals surface area contributed by atoms with E-state index in [0.29, 0.717) is 23.7 Å². The molecule has 0 radical (unpaired) electrons. The van der Waals surface area contributed by atoms with E-state index in [0.717, 1.165) is 16.7 Å². The maximum Gasteiger partial charge on any atom is 0.339 e. The fourth-order valence-corrected chi connectivity index (χ4v) is 3.15. The van der Waals surface area contributed by atoms with Gasteiger partial charge in [0.2, 0.25) is 0 Å². The topological polar surface area (TPSA) is 73.9 Å². The summed E-state index contributed by atoms with van der Waals surface area (Å²) in [7, 11) is 0. The van der Waals surface area contributed by atoms with Crippen molar-refractivity contribution in [2.45, 2.75) is 26.9 Å². The maximum absolute atomic E-state index is 12.3. The number of aryl methyl sites for hydroxylation is 3. The van der Waals surface area contributed by atoms with Gasteiger partial charge in [0.25, 0.3) is 5.91 Å². The summed E-state index contributed by atoms with van der Waals surface area (Å²) in [6.45, 7) is 5.96. The monoisotopic (exact) mass is 369 g/mol. The lowest BCUT2D eigenvalue weighted by Gasteiger charge is -2.26. The van der Waals surface area contributed by atoms with Crippen LogP contribution in [0.25, 0.3) is 0 Å². The second-order valence-corrected chi connectivity index (χ2v) is 6.65. The standard InChI is InChI=1S/C21H23NO5/c1-13-8-14(2)20(15(3)9-13)21(24)26-12-19(23)22-10-16-11-25-17-6-4-5-7-18(17)27-16/h4-9,16H,10-12H2,1-3H3,(H,22,23)/t16-/m1/s1. The molecule has 1 atom stereocenters. The van der Waals surface area contributed by atoms with Gasteiger partial charge in [-0.25, -0.2) is 4.79 Å². The largest absolute Gasteiger partial charge is 0.486 e. The van der Waals surface area contributed by atoms with Crippen molar-refractivity contribution in [3.8, 4) is 11.5 Å². The molecule has 0 saturated heterocycles. The number of esters is 1. The number of amides is 1. The fraction of sp³-hybridized carbons (Fsp3) is 0.333. The highest BCUT2D eigenvalue weighted by molar-refractivity contribution is 5.94. The molecule has 1 aliphatic heterocycles. The van der Waals surface area contributed by atoms with E-state index < -0.39 is 5.97 Å². The molecule has 0 bridgehead atoms. The van der Waals surface area contributed by atoms with Gasteiger partial charge in [-0.15, -0.1) is 0 Å². The third-order valence-electron chi connectivity index (χ3n) is 4.31. The molecule has 3 rings (SSSR count). The molecule has 0 saturated carbocycles. The number of hydrogen-bond donors (Lipinski definition) is 1. The lowest BCUT2D eigenvalue weighted by atomic mass is 10.00. The van der Waals surface area contributed by atoms with Crippen molar-refractivity contribution in [3.63, 3.8) is 0 Å². The average Bonchev–Trinajstić information content (AvgIpc) is 2.63. The Bertz CT molecular complexity index is 838. The summed E-state index contributed by atoms with van der Waals surface area (Å²) in [5, 5.41) is 2.71. The van der Waals surface area contributed by atoms with Crippen LogP contribution >= 0.6 is 0 Å². The van der Waals surface area contributed by atoms with E-state index in [4.69, 9.17) is 14.2 Å². The Morgan fingerprint density at radius 2 is 1.78 bits per heavy atom. The van der Waals surface area contributed by atoms with E-state index in [1.54, 1.807) is 0 Å². The van der Waals surface area contributed by atoms with Crippen LogP contribution in [0.15, 0.2) is 36.4 Å². The number of ether oxygens (including phenoxy) is 3. The van der Waals surface area contributed by atoms with E-state index in [2.05, 4.69) is 5.32 Å². The van der Waals surface area contributed by atoms with E-state index in [-0.39, 0.29) is 25.2 Å². The van der Waals surface area contributed by atoms with E-state index in [9.17, 15) is 9.59 Å². The smallest absolute Gasteiger partial charge is 0.339 e. The molecule has 2 aromatic carbocycles. The quantitative estimate of drug-likeness (QED) is 0.821. The molecular formula is C21H23NO5. The number of carbonyl (C=O) groups excluding carboxylic acids is 2. The normalized spacial score (nSPS) is 15.1. The average molecular weight is 369 g/mol. The molecule has 0 unspecified atom stereocenters. The molecule has 0 aliphatic carbocycles. The molecule has 6 heteroatoms. The third-order valence-corrected chi connectivity index (χ3v) is 4.31. The van der Waals surface area contributed by atoms with Gasteiger partial charge < -0.3 is 19.5 Å². The summed E-state index contributed by atoms with van der Waals surface area (Å²) in [4.78, 5) is 24.3. The lowest BCUT2D eigenvalue weighted by molar-refractivity contribution is -0.124. The minimum atomic E-state index is -0.494. The second kappa shape index (κ2) is 8.12. The molecule has 1 aliphatic rings. The molecule has 1 heterocycles. The first-order chi connectivity index (χ1) is 12.9. The van der Waals surface area contributed by atoms with Crippen molar-refractivity contribution in [1.82, 2.24) is 5.32 Å². The lowest BCUT2D eigenvalue weighted by Crippen LogP contribution is -2.42. The Labute approximate surface area is 158 Å². The molecule has 1 N–H and O–H groups in total. The number of rotatable bonds is 5.